The van der Waals surface area contributed by atoms with E-state index >= 15 is 0 Å². The number of anilines is 1. The first-order chi connectivity index (χ1) is 6.69. The van der Waals surface area contributed by atoms with Crippen LogP contribution >= 0.6 is 0 Å². The van der Waals surface area contributed by atoms with Gasteiger partial charge in [-0.15, -0.1) is 0 Å². The van der Waals surface area contributed by atoms with E-state index in [0.717, 1.165) is 11.3 Å². The van der Waals surface area contributed by atoms with Gasteiger partial charge in [0.05, 0.1) is 6.61 Å². The van der Waals surface area contributed by atoms with E-state index in [-0.39, 0.29) is 12.6 Å². The summed E-state index contributed by atoms with van der Waals surface area (Å²) in [6, 6.07) is 6.99. The Kier molecular flexibility index (Phi) is 3.48. The molecule has 0 aromatic heterocycles. The fourth-order valence-corrected chi connectivity index (χ4v) is 1.11. The third-order valence-corrected chi connectivity index (χ3v) is 2.02. The molecule has 1 aromatic rings. The van der Waals surface area contributed by atoms with Crippen LogP contribution in [0.3, 0.4) is 0 Å². The first-order valence-electron chi connectivity index (χ1n) is 4.34. The van der Waals surface area contributed by atoms with E-state index in [2.05, 4.69) is 5.32 Å². The number of rotatable bonds is 2. The van der Waals surface area contributed by atoms with Crippen LogP contribution in [-0.4, -0.2) is 25.2 Å². The predicted molar refractivity (Wildman–Crippen MR) is 55.2 cm³/mol. The van der Waals surface area contributed by atoms with Crippen molar-refractivity contribution >= 4 is 11.7 Å². The molecule has 2 amide bonds. The lowest BCUT2D eigenvalue weighted by atomic mass is 10.2. The summed E-state index contributed by atoms with van der Waals surface area (Å²) >= 11 is 0. The number of benzene rings is 1. The number of amides is 2. The topological polar surface area (TPSA) is 52.6 Å². The minimum atomic E-state index is -0.165. The molecule has 0 heterocycles. The highest BCUT2D eigenvalue weighted by molar-refractivity contribution is 5.91. The molecule has 0 aliphatic rings. The van der Waals surface area contributed by atoms with E-state index < -0.39 is 0 Å². The van der Waals surface area contributed by atoms with Gasteiger partial charge in [0.15, 0.2) is 0 Å². The molecule has 1 aromatic carbocycles. The number of carbonyl (C=O) groups excluding carboxylic acids is 1. The van der Waals surface area contributed by atoms with Crippen LogP contribution in [0.4, 0.5) is 10.5 Å². The zero-order valence-corrected chi connectivity index (χ0v) is 8.32. The molecule has 0 spiro atoms. The maximum atomic E-state index is 11.2. The Morgan fingerprint density at radius 1 is 1.43 bits per heavy atom. The van der Waals surface area contributed by atoms with E-state index in [1.807, 2.05) is 0 Å². The van der Waals surface area contributed by atoms with Gasteiger partial charge >= 0.3 is 6.03 Å². The van der Waals surface area contributed by atoms with E-state index in [0.29, 0.717) is 0 Å². The number of hydrogen-bond acceptors (Lipinski definition) is 2. The van der Waals surface area contributed by atoms with Crippen LogP contribution in [0.2, 0.25) is 0 Å². The second kappa shape index (κ2) is 4.62. The van der Waals surface area contributed by atoms with Crippen LogP contribution in [0.1, 0.15) is 5.56 Å². The summed E-state index contributed by atoms with van der Waals surface area (Å²) in [7, 11) is 3.27. The van der Waals surface area contributed by atoms with Crippen LogP contribution in [-0.2, 0) is 6.61 Å². The molecule has 4 nitrogen and oxygen atoms in total. The van der Waals surface area contributed by atoms with Crippen molar-refractivity contribution in [3.05, 3.63) is 29.8 Å². The second-order valence-electron chi connectivity index (χ2n) is 2.94. The van der Waals surface area contributed by atoms with Crippen LogP contribution in [0, 0.1) is 0 Å². The molecule has 0 saturated heterocycles. The standard InChI is InChI=1S/C10H14N2O2/c1-11-10(14)12(2)9-5-3-8(7-13)4-6-9/h3-6,13H,7H2,1-2H3,(H,11,14). The maximum Gasteiger partial charge on any atom is 0.321 e. The lowest BCUT2D eigenvalue weighted by Crippen LogP contribution is -2.34. The van der Waals surface area contributed by atoms with Crippen molar-refractivity contribution in [1.29, 1.82) is 0 Å². The van der Waals surface area contributed by atoms with E-state index in [1.165, 1.54) is 4.90 Å². The highest BCUT2D eigenvalue weighted by Crippen LogP contribution is 2.13. The number of aliphatic hydroxyl groups is 1. The summed E-state index contributed by atoms with van der Waals surface area (Å²) in [6.07, 6.45) is 0. The minimum Gasteiger partial charge on any atom is -0.392 e. The number of nitrogens with one attached hydrogen (secondary N) is 1. The molecule has 0 fully saturated rings. The van der Waals surface area contributed by atoms with Gasteiger partial charge in [-0.1, -0.05) is 12.1 Å². The Balaban J connectivity index is 2.81. The molecule has 0 bridgehead atoms. The first-order valence-corrected chi connectivity index (χ1v) is 4.34. The van der Waals surface area contributed by atoms with Gasteiger partial charge in [0.2, 0.25) is 0 Å². The lowest BCUT2D eigenvalue weighted by molar-refractivity contribution is 0.249. The molecule has 76 valence electrons. The molecule has 1 rings (SSSR count). The Morgan fingerprint density at radius 2 is 2.00 bits per heavy atom. The molecule has 0 aliphatic heterocycles. The molecule has 4 heteroatoms. The number of carbonyl (C=O) groups is 1. The van der Waals surface area contributed by atoms with Gasteiger partial charge in [-0.2, -0.15) is 0 Å². The number of aliphatic hydroxyl groups excluding tert-OH is 1. The van der Waals surface area contributed by atoms with E-state index in [1.54, 1.807) is 38.4 Å². The minimum absolute atomic E-state index is 0.0178. The van der Waals surface area contributed by atoms with Gasteiger partial charge in [0.25, 0.3) is 0 Å². The average molecular weight is 194 g/mol. The van der Waals surface area contributed by atoms with Crippen molar-refractivity contribution in [2.75, 3.05) is 19.0 Å². The molecule has 0 unspecified atom stereocenters. The third-order valence-electron chi connectivity index (χ3n) is 2.02. The molecular formula is C10H14N2O2. The van der Waals surface area contributed by atoms with Crippen molar-refractivity contribution in [3.63, 3.8) is 0 Å². The molecular weight excluding hydrogens is 180 g/mol. The summed E-state index contributed by atoms with van der Waals surface area (Å²) in [5, 5.41) is 11.4. The van der Waals surface area contributed by atoms with Crippen molar-refractivity contribution in [2.45, 2.75) is 6.61 Å². The molecule has 2 N–H and O–H groups in total. The average Bonchev–Trinajstić information content (AvgIpc) is 2.27. The van der Waals surface area contributed by atoms with Gasteiger partial charge in [-0.05, 0) is 17.7 Å². The Bertz CT molecular complexity index is 308. The first kappa shape index (κ1) is 10.5. The molecule has 0 atom stereocenters. The molecule has 0 radical (unpaired) electrons. The van der Waals surface area contributed by atoms with Gasteiger partial charge in [0.1, 0.15) is 0 Å². The van der Waals surface area contributed by atoms with Gasteiger partial charge in [0, 0.05) is 19.8 Å². The summed E-state index contributed by atoms with van der Waals surface area (Å²) in [4.78, 5) is 12.7. The maximum absolute atomic E-state index is 11.2. The molecule has 0 aliphatic carbocycles. The van der Waals surface area contributed by atoms with Gasteiger partial charge in [-0.3, -0.25) is 4.90 Å². The van der Waals surface area contributed by atoms with Crippen LogP contribution in [0.25, 0.3) is 0 Å². The van der Waals surface area contributed by atoms with Crippen LogP contribution < -0.4 is 10.2 Å². The van der Waals surface area contributed by atoms with E-state index in [9.17, 15) is 4.79 Å². The van der Waals surface area contributed by atoms with Crippen molar-refractivity contribution in [2.24, 2.45) is 0 Å². The second-order valence-corrected chi connectivity index (χ2v) is 2.94. The van der Waals surface area contributed by atoms with Gasteiger partial charge < -0.3 is 10.4 Å². The third kappa shape index (κ3) is 2.23. The summed E-state index contributed by atoms with van der Waals surface area (Å²) < 4.78 is 0. The summed E-state index contributed by atoms with van der Waals surface area (Å²) in [5.41, 5.74) is 1.63. The predicted octanol–water partition coefficient (Wildman–Crippen LogP) is 0.955. The summed E-state index contributed by atoms with van der Waals surface area (Å²) in [5.74, 6) is 0. The monoisotopic (exact) mass is 194 g/mol. The fraction of sp³-hybridized carbons (Fsp3) is 0.300. The molecule has 14 heavy (non-hydrogen) atoms. The fourth-order valence-electron chi connectivity index (χ4n) is 1.11. The highest BCUT2D eigenvalue weighted by atomic mass is 16.3. The normalized spacial score (nSPS) is 9.64. The zero-order valence-electron chi connectivity index (χ0n) is 8.32. The Labute approximate surface area is 83.2 Å². The smallest absolute Gasteiger partial charge is 0.321 e. The SMILES string of the molecule is CNC(=O)N(C)c1ccc(CO)cc1. The van der Waals surface area contributed by atoms with Crippen LogP contribution in [0.5, 0.6) is 0 Å². The Morgan fingerprint density at radius 3 is 2.43 bits per heavy atom. The van der Waals surface area contributed by atoms with Crippen LogP contribution in [0.15, 0.2) is 24.3 Å². The summed E-state index contributed by atoms with van der Waals surface area (Å²) in [6.45, 7) is 0.0178. The number of hydrogen-bond donors (Lipinski definition) is 2. The lowest BCUT2D eigenvalue weighted by Gasteiger charge is -2.16. The zero-order chi connectivity index (χ0) is 10.6. The number of urea groups is 1. The van der Waals surface area contributed by atoms with Crippen molar-refractivity contribution < 1.29 is 9.90 Å². The highest BCUT2D eigenvalue weighted by Gasteiger charge is 2.07. The van der Waals surface area contributed by atoms with Gasteiger partial charge in [-0.25, -0.2) is 4.79 Å². The van der Waals surface area contributed by atoms with E-state index in [4.69, 9.17) is 5.11 Å². The van der Waals surface area contributed by atoms with Crippen molar-refractivity contribution in [1.82, 2.24) is 5.32 Å². The Hall–Kier alpha value is -1.55. The quantitative estimate of drug-likeness (QED) is 0.736. The van der Waals surface area contributed by atoms with Crippen molar-refractivity contribution in [3.8, 4) is 0 Å². The number of nitrogens with zero attached hydrogens (tertiary/aromatic N) is 1. The molecule has 0 saturated carbocycles. The largest absolute Gasteiger partial charge is 0.392 e.